The van der Waals surface area contributed by atoms with Crippen LogP contribution in [0.2, 0.25) is 0 Å². The van der Waals surface area contributed by atoms with E-state index < -0.39 is 0 Å². The Morgan fingerprint density at radius 2 is 2.15 bits per heavy atom. The first kappa shape index (κ1) is 10.2. The van der Waals surface area contributed by atoms with E-state index in [0.717, 1.165) is 5.56 Å². The van der Waals surface area contributed by atoms with Crippen LogP contribution in [0.15, 0.2) is 18.2 Å². The summed E-state index contributed by atoms with van der Waals surface area (Å²) in [5, 5.41) is 8.82. The maximum absolute atomic E-state index is 13.3. The van der Waals surface area contributed by atoms with Crippen LogP contribution in [0.25, 0.3) is 0 Å². The van der Waals surface area contributed by atoms with E-state index in [1.165, 1.54) is 6.07 Å². The average molecular weight is 182 g/mol. The summed E-state index contributed by atoms with van der Waals surface area (Å²) in [5.41, 5.74) is 1.62. The van der Waals surface area contributed by atoms with Crippen LogP contribution < -0.4 is 0 Å². The number of hydrogen-bond acceptors (Lipinski definition) is 1. The van der Waals surface area contributed by atoms with Gasteiger partial charge in [-0.15, -0.1) is 0 Å². The lowest BCUT2D eigenvalue weighted by Crippen LogP contribution is -2.06. The summed E-state index contributed by atoms with van der Waals surface area (Å²) in [5.74, 6) is -0.0440. The van der Waals surface area contributed by atoms with Gasteiger partial charge >= 0.3 is 0 Å². The molecule has 72 valence electrons. The number of aliphatic hydroxyl groups excluding tert-OH is 1. The highest BCUT2D eigenvalue weighted by Crippen LogP contribution is 2.14. The van der Waals surface area contributed by atoms with Gasteiger partial charge in [-0.05, 0) is 36.5 Å². The number of hydrogen-bond donors (Lipinski definition) is 1. The van der Waals surface area contributed by atoms with Crippen LogP contribution in [-0.2, 0) is 6.42 Å². The van der Waals surface area contributed by atoms with Crippen molar-refractivity contribution in [1.29, 1.82) is 0 Å². The second-order valence-electron chi connectivity index (χ2n) is 3.59. The van der Waals surface area contributed by atoms with Crippen molar-refractivity contribution in [2.75, 3.05) is 6.61 Å². The van der Waals surface area contributed by atoms with Gasteiger partial charge in [0.05, 0.1) is 0 Å². The van der Waals surface area contributed by atoms with Crippen molar-refractivity contribution in [1.82, 2.24) is 0 Å². The zero-order chi connectivity index (χ0) is 9.84. The lowest BCUT2D eigenvalue weighted by atomic mass is 10.0. The van der Waals surface area contributed by atoms with Gasteiger partial charge in [0.2, 0.25) is 0 Å². The van der Waals surface area contributed by atoms with Gasteiger partial charge in [-0.2, -0.15) is 0 Å². The Balaban J connectivity index is 2.77. The Labute approximate surface area is 78.2 Å². The fraction of sp³-hybridized carbons (Fsp3) is 0.455. The maximum Gasteiger partial charge on any atom is 0.126 e. The van der Waals surface area contributed by atoms with Crippen molar-refractivity contribution in [3.8, 4) is 0 Å². The number of aliphatic hydroxyl groups is 1. The van der Waals surface area contributed by atoms with Crippen molar-refractivity contribution >= 4 is 0 Å². The number of halogens is 1. The quantitative estimate of drug-likeness (QED) is 0.760. The van der Waals surface area contributed by atoms with E-state index in [0.29, 0.717) is 12.0 Å². The fourth-order valence-corrected chi connectivity index (χ4v) is 1.26. The van der Waals surface area contributed by atoms with Crippen molar-refractivity contribution in [2.45, 2.75) is 20.3 Å². The highest BCUT2D eigenvalue weighted by Gasteiger charge is 2.06. The van der Waals surface area contributed by atoms with Crippen LogP contribution >= 0.6 is 0 Å². The van der Waals surface area contributed by atoms with Crippen LogP contribution in [0.5, 0.6) is 0 Å². The van der Waals surface area contributed by atoms with Crippen molar-refractivity contribution in [3.63, 3.8) is 0 Å². The van der Waals surface area contributed by atoms with Gasteiger partial charge in [0.15, 0.2) is 0 Å². The van der Waals surface area contributed by atoms with E-state index in [2.05, 4.69) is 0 Å². The van der Waals surface area contributed by atoms with Crippen molar-refractivity contribution in [3.05, 3.63) is 35.1 Å². The molecule has 0 amide bonds. The topological polar surface area (TPSA) is 20.2 Å². The number of aryl methyl sites for hydroxylation is 1. The Bertz CT molecular complexity index is 283. The van der Waals surface area contributed by atoms with E-state index in [9.17, 15) is 4.39 Å². The number of benzene rings is 1. The molecule has 1 rings (SSSR count). The van der Waals surface area contributed by atoms with Crippen molar-refractivity contribution in [2.24, 2.45) is 5.92 Å². The van der Waals surface area contributed by atoms with Crippen LogP contribution in [0.4, 0.5) is 4.39 Å². The SMILES string of the molecule is Cc1ccc(CC(C)CO)c(F)c1. The molecule has 0 aliphatic carbocycles. The summed E-state index contributed by atoms with van der Waals surface area (Å²) in [4.78, 5) is 0. The summed E-state index contributed by atoms with van der Waals surface area (Å²) in [6.45, 7) is 3.87. The lowest BCUT2D eigenvalue weighted by Gasteiger charge is -2.08. The molecule has 0 aliphatic rings. The molecule has 1 N–H and O–H groups in total. The van der Waals surface area contributed by atoms with E-state index in [-0.39, 0.29) is 18.3 Å². The first-order valence-electron chi connectivity index (χ1n) is 4.49. The van der Waals surface area contributed by atoms with Gasteiger partial charge in [-0.3, -0.25) is 0 Å². The van der Waals surface area contributed by atoms with Gasteiger partial charge in [-0.1, -0.05) is 19.1 Å². The van der Waals surface area contributed by atoms with E-state index in [1.54, 1.807) is 6.07 Å². The molecule has 0 saturated carbocycles. The first-order valence-corrected chi connectivity index (χ1v) is 4.49. The molecule has 0 spiro atoms. The van der Waals surface area contributed by atoms with Gasteiger partial charge in [-0.25, -0.2) is 4.39 Å². The highest BCUT2D eigenvalue weighted by atomic mass is 19.1. The smallest absolute Gasteiger partial charge is 0.126 e. The third-order valence-corrected chi connectivity index (χ3v) is 2.09. The molecular weight excluding hydrogens is 167 g/mol. The third-order valence-electron chi connectivity index (χ3n) is 2.09. The fourth-order valence-electron chi connectivity index (χ4n) is 1.26. The van der Waals surface area contributed by atoms with Crippen LogP contribution in [0.3, 0.4) is 0 Å². The minimum atomic E-state index is -0.166. The molecule has 1 unspecified atom stereocenters. The Morgan fingerprint density at radius 3 is 2.69 bits per heavy atom. The minimum absolute atomic E-state index is 0.104. The molecule has 1 atom stereocenters. The Kier molecular flexibility index (Phi) is 3.43. The Hall–Kier alpha value is -0.890. The normalized spacial score (nSPS) is 12.9. The minimum Gasteiger partial charge on any atom is -0.396 e. The van der Waals surface area contributed by atoms with Gasteiger partial charge in [0, 0.05) is 6.61 Å². The summed E-state index contributed by atoms with van der Waals surface area (Å²) in [6.07, 6.45) is 0.600. The molecule has 1 aromatic rings. The zero-order valence-electron chi connectivity index (χ0n) is 8.05. The molecular formula is C11H15FO. The second-order valence-corrected chi connectivity index (χ2v) is 3.59. The molecule has 0 bridgehead atoms. The highest BCUT2D eigenvalue weighted by molar-refractivity contribution is 5.23. The first-order chi connectivity index (χ1) is 6.13. The van der Waals surface area contributed by atoms with E-state index in [4.69, 9.17) is 5.11 Å². The molecule has 13 heavy (non-hydrogen) atoms. The lowest BCUT2D eigenvalue weighted by molar-refractivity contribution is 0.236. The molecule has 0 aromatic heterocycles. The molecule has 0 fully saturated rings. The molecule has 1 aromatic carbocycles. The van der Waals surface area contributed by atoms with E-state index >= 15 is 0 Å². The summed E-state index contributed by atoms with van der Waals surface area (Å²) < 4.78 is 13.3. The summed E-state index contributed by atoms with van der Waals surface area (Å²) >= 11 is 0. The zero-order valence-corrected chi connectivity index (χ0v) is 8.05. The third kappa shape index (κ3) is 2.81. The maximum atomic E-state index is 13.3. The molecule has 0 saturated heterocycles. The average Bonchev–Trinajstić information content (AvgIpc) is 2.09. The van der Waals surface area contributed by atoms with Crippen LogP contribution in [0.1, 0.15) is 18.1 Å². The summed E-state index contributed by atoms with van der Waals surface area (Å²) in [7, 11) is 0. The van der Waals surface area contributed by atoms with Crippen LogP contribution in [-0.4, -0.2) is 11.7 Å². The monoisotopic (exact) mass is 182 g/mol. The number of rotatable bonds is 3. The molecule has 2 heteroatoms. The standard InChI is InChI=1S/C11H15FO/c1-8-3-4-10(11(12)6-8)5-9(2)7-13/h3-4,6,9,13H,5,7H2,1-2H3. The van der Waals surface area contributed by atoms with Gasteiger partial charge < -0.3 is 5.11 Å². The van der Waals surface area contributed by atoms with Gasteiger partial charge in [0.1, 0.15) is 5.82 Å². The molecule has 0 heterocycles. The predicted molar refractivity (Wildman–Crippen MR) is 51.1 cm³/mol. The molecule has 0 aliphatic heterocycles. The van der Waals surface area contributed by atoms with Crippen molar-refractivity contribution < 1.29 is 9.50 Å². The molecule has 0 radical (unpaired) electrons. The van der Waals surface area contributed by atoms with Crippen LogP contribution in [0, 0.1) is 18.7 Å². The second kappa shape index (κ2) is 4.38. The molecule has 1 nitrogen and oxygen atoms in total. The van der Waals surface area contributed by atoms with E-state index in [1.807, 2.05) is 19.9 Å². The van der Waals surface area contributed by atoms with Gasteiger partial charge in [0.25, 0.3) is 0 Å². The summed E-state index contributed by atoms with van der Waals surface area (Å²) in [6, 6.07) is 5.21. The Morgan fingerprint density at radius 1 is 1.46 bits per heavy atom. The predicted octanol–water partition coefficient (Wildman–Crippen LogP) is 2.31. The largest absolute Gasteiger partial charge is 0.396 e.